The first kappa shape index (κ1) is 10.8. The second-order valence-electron chi connectivity index (χ2n) is 3.19. The number of nitrogens with zero attached hydrogens (tertiary/aromatic N) is 3. The van der Waals surface area contributed by atoms with Crippen LogP contribution in [0.1, 0.15) is 16.2 Å². The SMILES string of the molecule is N#Cc1cc(C(=O)O)n(-c2ccccc2F)n1. The van der Waals surface area contributed by atoms with E-state index in [2.05, 4.69) is 5.10 Å². The number of hydrogen-bond acceptors (Lipinski definition) is 3. The molecule has 17 heavy (non-hydrogen) atoms. The molecule has 0 aliphatic rings. The van der Waals surface area contributed by atoms with Crippen LogP contribution in [0.15, 0.2) is 30.3 Å². The topological polar surface area (TPSA) is 78.9 Å². The van der Waals surface area contributed by atoms with Crippen molar-refractivity contribution < 1.29 is 14.3 Å². The molecule has 6 heteroatoms. The summed E-state index contributed by atoms with van der Waals surface area (Å²) in [5.41, 5.74) is -0.344. The van der Waals surface area contributed by atoms with Crippen LogP contribution in [0.25, 0.3) is 5.69 Å². The number of aromatic carboxylic acids is 1. The number of carboxylic acids is 1. The Labute approximate surface area is 95.3 Å². The van der Waals surface area contributed by atoms with E-state index in [1.807, 2.05) is 0 Å². The van der Waals surface area contributed by atoms with Crippen LogP contribution in [0.4, 0.5) is 4.39 Å². The van der Waals surface area contributed by atoms with Gasteiger partial charge in [-0.15, -0.1) is 0 Å². The maximum atomic E-state index is 13.5. The smallest absolute Gasteiger partial charge is 0.354 e. The summed E-state index contributed by atoms with van der Waals surface area (Å²) in [6.45, 7) is 0. The fourth-order valence-corrected chi connectivity index (χ4v) is 1.40. The van der Waals surface area contributed by atoms with Crippen molar-refractivity contribution >= 4 is 5.97 Å². The number of carboxylic acid groups (broad SMARTS) is 1. The van der Waals surface area contributed by atoms with Gasteiger partial charge in [0.2, 0.25) is 0 Å². The molecule has 0 aliphatic carbocycles. The van der Waals surface area contributed by atoms with Crippen LogP contribution in [0.5, 0.6) is 0 Å². The van der Waals surface area contributed by atoms with Crippen LogP contribution in [0.2, 0.25) is 0 Å². The molecule has 0 bridgehead atoms. The molecule has 5 nitrogen and oxygen atoms in total. The number of benzene rings is 1. The van der Waals surface area contributed by atoms with Crippen molar-refractivity contribution in [2.75, 3.05) is 0 Å². The zero-order valence-corrected chi connectivity index (χ0v) is 8.46. The molecular formula is C11H6FN3O2. The molecule has 0 fully saturated rings. The Hall–Kier alpha value is -2.68. The minimum atomic E-state index is -1.28. The fourth-order valence-electron chi connectivity index (χ4n) is 1.40. The second-order valence-corrected chi connectivity index (χ2v) is 3.19. The van der Waals surface area contributed by atoms with E-state index in [1.165, 1.54) is 18.2 Å². The van der Waals surface area contributed by atoms with Gasteiger partial charge in [0, 0.05) is 6.07 Å². The van der Waals surface area contributed by atoms with Gasteiger partial charge in [0.1, 0.15) is 17.6 Å². The summed E-state index contributed by atoms with van der Waals surface area (Å²) in [6, 6.07) is 8.41. The van der Waals surface area contributed by atoms with Gasteiger partial charge in [-0.2, -0.15) is 10.4 Å². The fraction of sp³-hybridized carbons (Fsp3) is 0. The van der Waals surface area contributed by atoms with Crippen molar-refractivity contribution in [1.82, 2.24) is 9.78 Å². The zero-order valence-electron chi connectivity index (χ0n) is 8.46. The highest BCUT2D eigenvalue weighted by Gasteiger charge is 2.17. The number of halogens is 1. The summed E-state index contributed by atoms with van der Waals surface area (Å²) < 4.78 is 14.4. The molecule has 1 aromatic carbocycles. The summed E-state index contributed by atoms with van der Waals surface area (Å²) in [4.78, 5) is 10.9. The lowest BCUT2D eigenvalue weighted by Crippen LogP contribution is -2.09. The minimum Gasteiger partial charge on any atom is -0.477 e. The van der Waals surface area contributed by atoms with Gasteiger partial charge in [-0.05, 0) is 12.1 Å². The van der Waals surface area contributed by atoms with Crippen molar-refractivity contribution in [3.8, 4) is 11.8 Å². The average Bonchev–Trinajstić information content (AvgIpc) is 2.73. The standard InChI is InChI=1S/C11H6FN3O2/c12-8-3-1-2-4-9(8)15-10(11(16)17)5-7(6-13)14-15/h1-5H,(H,16,17). The minimum absolute atomic E-state index is 0.00796. The molecule has 0 amide bonds. The molecule has 0 atom stereocenters. The number of rotatable bonds is 2. The third-order valence-electron chi connectivity index (χ3n) is 2.12. The van der Waals surface area contributed by atoms with Crippen LogP contribution in [0, 0.1) is 17.1 Å². The number of carbonyl (C=O) groups is 1. The summed E-state index contributed by atoms with van der Waals surface area (Å²) in [5.74, 6) is -1.88. The molecule has 84 valence electrons. The lowest BCUT2D eigenvalue weighted by molar-refractivity contribution is 0.0687. The molecular weight excluding hydrogens is 225 g/mol. The van der Waals surface area contributed by atoms with Crippen LogP contribution >= 0.6 is 0 Å². The van der Waals surface area contributed by atoms with E-state index in [1.54, 1.807) is 12.1 Å². The molecule has 0 saturated carbocycles. The van der Waals surface area contributed by atoms with Crippen LogP contribution in [-0.2, 0) is 0 Å². The van der Waals surface area contributed by atoms with E-state index in [9.17, 15) is 9.18 Å². The normalized spacial score (nSPS) is 9.88. The molecule has 1 N–H and O–H groups in total. The molecule has 0 unspecified atom stereocenters. The molecule has 1 aromatic heterocycles. The summed E-state index contributed by atoms with van der Waals surface area (Å²) >= 11 is 0. The first-order chi connectivity index (χ1) is 8.13. The second kappa shape index (κ2) is 4.06. The summed E-state index contributed by atoms with van der Waals surface area (Å²) in [5, 5.41) is 21.3. The van der Waals surface area contributed by atoms with E-state index in [-0.39, 0.29) is 17.1 Å². The van der Waals surface area contributed by atoms with Crippen molar-refractivity contribution in [2.24, 2.45) is 0 Å². The van der Waals surface area contributed by atoms with Crippen molar-refractivity contribution in [1.29, 1.82) is 5.26 Å². The predicted molar refractivity (Wildman–Crippen MR) is 55.2 cm³/mol. The molecule has 2 aromatic rings. The van der Waals surface area contributed by atoms with Crippen LogP contribution in [0.3, 0.4) is 0 Å². The Morgan fingerprint density at radius 3 is 2.76 bits per heavy atom. The van der Waals surface area contributed by atoms with E-state index in [0.29, 0.717) is 0 Å². The van der Waals surface area contributed by atoms with Gasteiger partial charge < -0.3 is 5.11 Å². The maximum absolute atomic E-state index is 13.5. The molecule has 0 radical (unpaired) electrons. The first-order valence-electron chi connectivity index (χ1n) is 4.62. The molecule has 0 aliphatic heterocycles. The number of nitriles is 1. The molecule has 1 heterocycles. The summed E-state index contributed by atoms with van der Waals surface area (Å²) in [7, 11) is 0. The third kappa shape index (κ3) is 1.86. The van der Waals surface area contributed by atoms with E-state index < -0.39 is 11.8 Å². The zero-order chi connectivity index (χ0) is 12.4. The van der Waals surface area contributed by atoms with Crippen molar-refractivity contribution in [3.05, 3.63) is 47.5 Å². The summed E-state index contributed by atoms with van der Waals surface area (Å²) in [6.07, 6.45) is 0. The van der Waals surface area contributed by atoms with Gasteiger partial charge in [0.15, 0.2) is 11.4 Å². The van der Waals surface area contributed by atoms with Gasteiger partial charge in [0.25, 0.3) is 0 Å². The monoisotopic (exact) mass is 231 g/mol. The lowest BCUT2D eigenvalue weighted by Gasteiger charge is -2.04. The van der Waals surface area contributed by atoms with Crippen molar-refractivity contribution in [2.45, 2.75) is 0 Å². The van der Waals surface area contributed by atoms with Crippen LogP contribution in [-0.4, -0.2) is 20.9 Å². The molecule has 0 saturated heterocycles. The number of aromatic nitrogens is 2. The average molecular weight is 231 g/mol. The largest absolute Gasteiger partial charge is 0.477 e. The first-order valence-corrected chi connectivity index (χ1v) is 4.62. The Morgan fingerprint density at radius 2 is 2.18 bits per heavy atom. The van der Waals surface area contributed by atoms with Gasteiger partial charge in [0.05, 0.1) is 0 Å². The highest BCUT2D eigenvalue weighted by atomic mass is 19.1. The number of hydrogen-bond donors (Lipinski definition) is 1. The quantitative estimate of drug-likeness (QED) is 0.850. The Morgan fingerprint density at radius 1 is 1.47 bits per heavy atom. The highest BCUT2D eigenvalue weighted by Crippen LogP contribution is 2.15. The lowest BCUT2D eigenvalue weighted by atomic mass is 10.3. The molecule has 0 spiro atoms. The Balaban J connectivity index is 2.67. The van der Waals surface area contributed by atoms with Gasteiger partial charge in [-0.25, -0.2) is 13.9 Å². The Bertz CT molecular complexity index is 628. The van der Waals surface area contributed by atoms with Gasteiger partial charge >= 0.3 is 5.97 Å². The predicted octanol–water partition coefficient (Wildman–Crippen LogP) is 1.58. The highest BCUT2D eigenvalue weighted by molar-refractivity contribution is 5.86. The van der Waals surface area contributed by atoms with Crippen molar-refractivity contribution in [3.63, 3.8) is 0 Å². The van der Waals surface area contributed by atoms with Gasteiger partial charge in [-0.1, -0.05) is 12.1 Å². The Kier molecular flexibility index (Phi) is 2.58. The van der Waals surface area contributed by atoms with E-state index in [4.69, 9.17) is 10.4 Å². The van der Waals surface area contributed by atoms with Gasteiger partial charge in [-0.3, -0.25) is 0 Å². The molecule has 2 rings (SSSR count). The van der Waals surface area contributed by atoms with Crippen LogP contribution < -0.4 is 0 Å². The van der Waals surface area contributed by atoms with E-state index >= 15 is 0 Å². The third-order valence-corrected chi connectivity index (χ3v) is 2.12. The van der Waals surface area contributed by atoms with E-state index in [0.717, 1.165) is 10.7 Å². The number of para-hydroxylation sites is 1. The maximum Gasteiger partial charge on any atom is 0.354 e.